The number of carbonyl (C=O) groups is 2. The quantitative estimate of drug-likeness (QED) is 0.0604. The zero-order valence-electron chi connectivity index (χ0n) is 41.9. The average Bonchev–Trinajstić information content (AvgIpc) is 4.35. The van der Waals surface area contributed by atoms with E-state index >= 15 is 0 Å². The third-order valence-electron chi connectivity index (χ3n) is 11.8. The van der Waals surface area contributed by atoms with Crippen LogP contribution in [-0.2, 0) is 21.8 Å². The smallest absolute Gasteiger partial charge is 0.379 e. The van der Waals surface area contributed by atoms with E-state index < -0.39 is 35.6 Å². The molecule has 2 fully saturated rings. The van der Waals surface area contributed by atoms with Gasteiger partial charge in [-0.1, -0.05) is 11.6 Å². The standard InChI is InChI=1S/C26H25F3N8O2.C20H12ClF3N6O.C6H14N2O/c27-26(28,29)22-15-21(18-3-1-7-30-16-18)35-37(22)23-6-5-19(17-33-23)34-25(38)20-4-2-8-31-24(20)32-9-10-36-11-13-39-14-12-36;21-18-14(4-2-8-26-18)19(31)28-13-5-6-17(27-11-13)30-16(20(22,23)24)9-15(29-30)12-3-1-7-25-10-12;7-1-2-8-3-5-9-6-4-8/h1-8,15-17H,9-14H2,(H,31,32)(H,34,38);1-11H,(H,28,31);1-7H2. The van der Waals surface area contributed by atoms with E-state index in [1.807, 2.05) is 0 Å². The van der Waals surface area contributed by atoms with Crippen molar-refractivity contribution in [2.75, 3.05) is 94.7 Å². The molecule has 27 heteroatoms. The predicted octanol–water partition coefficient (Wildman–Crippen LogP) is 7.67. The molecule has 8 aromatic heterocycles. The molecule has 2 amide bonds. The van der Waals surface area contributed by atoms with Gasteiger partial charge in [0.25, 0.3) is 11.8 Å². The van der Waals surface area contributed by atoms with Gasteiger partial charge in [-0.05, 0) is 84.9 Å². The Bertz CT molecular complexity index is 3230. The molecule has 2 aliphatic heterocycles. The lowest BCUT2D eigenvalue weighted by Crippen LogP contribution is -2.39. The van der Waals surface area contributed by atoms with Crippen LogP contribution in [-0.4, -0.2) is 150 Å². The molecule has 412 valence electrons. The molecular weight excluding hydrogens is 1060 g/mol. The third kappa shape index (κ3) is 15.7. The summed E-state index contributed by atoms with van der Waals surface area (Å²) in [5, 5.41) is 16.7. The van der Waals surface area contributed by atoms with E-state index in [0.29, 0.717) is 52.6 Å². The van der Waals surface area contributed by atoms with Crippen molar-refractivity contribution in [3.8, 4) is 34.2 Å². The molecule has 0 aromatic carbocycles. The summed E-state index contributed by atoms with van der Waals surface area (Å²) in [6.45, 7) is 10.1. The zero-order valence-corrected chi connectivity index (χ0v) is 42.7. The molecule has 8 aromatic rings. The second-order valence-electron chi connectivity index (χ2n) is 17.2. The topological polar surface area (TPSA) is 234 Å². The zero-order chi connectivity index (χ0) is 55.8. The summed E-state index contributed by atoms with van der Waals surface area (Å²) in [4.78, 5) is 54.0. The van der Waals surface area contributed by atoms with Crippen LogP contribution >= 0.6 is 11.6 Å². The van der Waals surface area contributed by atoms with Crippen molar-refractivity contribution in [3.63, 3.8) is 0 Å². The molecule has 20 nitrogen and oxygen atoms in total. The van der Waals surface area contributed by atoms with Crippen LogP contribution in [0.5, 0.6) is 0 Å². The number of ether oxygens (including phenoxy) is 2. The highest BCUT2D eigenvalue weighted by Gasteiger charge is 2.38. The lowest BCUT2D eigenvalue weighted by atomic mass is 10.2. The molecule has 0 bridgehead atoms. The molecule has 2 aliphatic rings. The van der Waals surface area contributed by atoms with Crippen molar-refractivity contribution < 1.29 is 45.4 Å². The van der Waals surface area contributed by atoms with Gasteiger partial charge in [0.2, 0.25) is 0 Å². The molecule has 0 spiro atoms. The Labute approximate surface area is 453 Å². The second-order valence-corrected chi connectivity index (χ2v) is 17.6. The Morgan fingerprint density at radius 2 is 1.05 bits per heavy atom. The SMILES string of the molecule is NCCN1CCOCC1.O=C(Nc1ccc(-n2nc(-c3cccnc3)cc2C(F)(F)F)nc1)c1cccnc1Cl.O=C(Nc1ccc(-n2nc(-c3cccnc3)cc2C(F)(F)F)nc1)c1cccnc1NCCN1CCOCC1. The Morgan fingerprint density at radius 3 is 1.49 bits per heavy atom. The van der Waals surface area contributed by atoms with Crippen LogP contribution in [0.15, 0.2) is 135 Å². The number of aromatic nitrogens is 10. The summed E-state index contributed by atoms with van der Waals surface area (Å²) >= 11 is 5.89. The van der Waals surface area contributed by atoms with Gasteiger partial charge in [0.1, 0.15) is 11.0 Å². The number of halogens is 7. The van der Waals surface area contributed by atoms with E-state index in [2.05, 4.69) is 65.9 Å². The molecule has 79 heavy (non-hydrogen) atoms. The fourth-order valence-corrected chi connectivity index (χ4v) is 8.05. The Kier molecular flexibility index (Phi) is 19.4. The van der Waals surface area contributed by atoms with E-state index in [1.165, 1.54) is 73.7 Å². The Morgan fingerprint density at radius 1 is 0.582 bits per heavy atom. The number of nitrogens with one attached hydrogen (secondary N) is 3. The molecule has 10 heterocycles. The Hall–Kier alpha value is -8.27. The number of amides is 2. The highest BCUT2D eigenvalue weighted by molar-refractivity contribution is 6.33. The molecule has 5 N–H and O–H groups in total. The molecule has 0 saturated carbocycles. The molecule has 10 rings (SSSR count). The van der Waals surface area contributed by atoms with Crippen LogP contribution in [0.4, 0.5) is 43.5 Å². The van der Waals surface area contributed by atoms with Crippen molar-refractivity contribution in [1.82, 2.24) is 59.3 Å². The Balaban J connectivity index is 0.000000183. The minimum atomic E-state index is -4.66. The summed E-state index contributed by atoms with van der Waals surface area (Å²) in [6, 6.07) is 20.2. The van der Waals surface area contributed by atoms with E-state index in [-0.39, 0.29) is 39.4 Å². The molecular formula is C52H51ClF6N16O4. The second kappa shape index (κ2) is 26.9. The van der Waals surface area contributed by atoms with Crippen molar-refractivity contribution in [3.05, 3.63) is 162 Å². The van der Waals surface area contributed by atoms with Crippen LogP contribution < -0.4 is 21.7 Å². The first kappa shape index (κ1) is 56.9. The average molecular weight is 1110 g/mol. The van der Waals surface area contributed by atoms with Gasteiger partial charge >= 0.3 is 12.4 Å². The summed E-state index contributed by atoms with van der Waals surface area (Å²) in [7, 11) is 0. The van der Waals surface area contributed by atoms with Gasteiger partial charge in [0, 0.05) is 101 Å². The van der Waals surface area contributed by atoms with Crippen molar-refractivity contribution in [1.29, 1.82) is 0 Å². The predicted molar refractivity (Wildman–Crippen MR) is 281 cm³/mol. The molecule has 0 aliphatic carbocycles. The summed E-state index contributed by atoms with van der Waals surface area (Å²) in [6.07, 6.45) is 2.11. The summed E-state index contributed by atoms with van der Waals surface area (Å²) in [5.74, 6) is -0.647. The number of pyridine rings is 6. The highest BCUT2D eigenvalue weighted by atomic mass is 35.5. The largest absolute Gasteiger partial charge is 0.433 e. The minimum absolute atomic E-state index is 0.0267. The van der Waals surface area contributed by atoms with Crippen molar-refractivity contribution >= 4 is 40.6 Å². The van der Waals surface area contributed by atoms with Gasteiger partial charge in [-0.15, -0.1) is 0 Å². The van der Waals surface area contributed by atoms with Crippen LogP contribution in [0.2, 0.25) is 5.15 Å². The maximum atomic E-state index is 13.8. The number of hydrogen-bond donors (Lipinski definition) is 4. The number of nitrogens with two attached hydrogens (primary N) is 1. The van der Waals surface area contributed by atoms with Gasteiger partial charge < -0.3 is 31.2 Å². The fourth-order valence-electron chi connectivity index (χ4n) is 7.84. The summed E-state index contributed by atoms with van der Waals surface area (Å²) < 4.78 is 93.9. The molecule has 0 radical (unpaired) electrons. The van der Waals surface area contributed by atoms with E-state index in [0.717, 1.165) is 75.8 Å². The van der Waals surface area contributed by atoms with E-state index in [9.17, 15) is 35.9 Å². The molecule has 2 saturated heterocycles. The number of nitrogens with zero attached hydrogens (tertiary/aromatic N) is 12. The normalized spacial score (nSPS) is 14.0. The monoisotopic (exact) mass is 1110 g/mol. The number of hydrogen-bond acceptors (Lipinski definition) is 16. The lowest BCUT2D eigenvalue weighted by molar-refractivity contribution is -0.143. The van der Waals surface area contributed by atoms with Gasteiger partial charge in [-0.2, -0.15) is 36.5 Å². The fraction of sp³-hybridized carbons (Fsp3) is 0.269. The maximum absolute atomic E-state index is 13.8. The number of carbonyl (C=O) groups excluding carboxylic acids is 2. The van der Waals surface area contributed by atoms with Gasteiger partial charge in [-0.25, -0.2) is 29.3 Å². The number of morpholine rings is 2. The lowest BCUT2D eigenvalue weighted by Gasteiger charge is -2.26. The van der Waals surface area contributed by atoms with Crippen LogP contribution in [0.3, 0.4) is 0 Å². The molecule has 0 atom stereocenters. The van der Waals surface area contributed by atoms with Gasteiger partial charge in [0.15, 0.2) is 23.0 Å². The van der Waals surface area contributed by atoms with Crippen molar-refractivity contribution in [2.24, 2.45) is 5.73 Å². The van der Waals surface area contributed by atoms with Crippen molar-refractivity contribution in [2.45, 2.75) is 12.4 Å². The van der Waals surface area contributed by atoms with Crippen LogP contribution in [0.1, 0.15) is 32.1 Å². The van der Waals surface area contributed by atoms with Crippen LogP contribution in [0.25, 0.3) is 34.2 Å². The first-order chi connectivity index (χ1) is 38.1. The first-order valence-corrected chi connectivity index (χ1v) is 24.8. The molecule has 0 unspecified atom stereocenters. The third-order valence-corrected chi connectivity index (χ3v) is 12.1. The van der Waals surface area contributed by atoms with Crippen LogP contribution in [0, 0.1) is 0 Å². The minimum Gasteiger partial charge on any atom is -0.379 e. The number of anilines is 3. The summed E-state index contributed by atoms with van der Waals surface area (Å²) in [5.41, 5.74) is 5.55. The number of alkyl halides is 6. The number of rotatable bonds is 14. The van der Waals surface area contributed by atoms with Gasteiger partial charge in [0.05, 0.1) is 72.7 Å². The van der Waals surface area contributed by atoms with E-state index in [1.54, 1.807) is 48.7 Å². The van der Waals surface area contributed by atoms with E-state index in [4.69, 9.17) is 26.8 Å². The highest BCUT2D eigenvalue weighted by Crippen LogP contribution is 2.35. The maximum Gasteiger partial charge on any atom is 0.433 e. The first-order valence-electron chi connectivity index (χ1n) is 24.4. The van der Waals surface area contributed by atoms with Gasteiger partial charge in [-0.3, -0.25) is 29.4 Å².